The zero-order valence-electron chi connectivity index (χ0n) is 10.2. The van der Waals surface area contributed by atoms with Crippen molar-refractivity contribution in [3.05, 3.63) is 0 Å². The molecule has 2 nitrogen and oxygen atoms in total. The predicted octanol–water partition coefficient (Wildman–Crippen LogP) is 3.38. The third kappa shape index (κ3) is 4.57. The summed E-state index contributed by atoms with van der Waals surface area (Å²) in [7, 11) is 0. The summed E-state index contributed by atoms with van der Waals surface area (Å²) in [6, 6.07) is 0. The van der Waals surface area contributed by atoms with Gasteiger partial charge in [-0.3, -0.25) is 4.90 Å². The van der Waals surface area contributed by atoms with Gasteiger partial charge in [-0.1, -0.05) is 0 Å². The second-order valence-electron chi connectivity index (χ2n) is 4.47. The number of alkyl halides is 11. The van der Waals surface area contributed by atoms with E-state index >= 15 is 0 Å². The minimum atomic E-state index is -5.76. The molecular weight excluding hydrogens is 347 g/mol. The molecule has 1 aliphatic heterocycles. The lowest BCUT2D eigenvalue weighted by atomic mass is 10.1. The lowest BCUT2D eigenvalue weighted by molar-refractivity contribution is -0.317. The molecule has 4 atom stereocenters. The van der Waals surface area contributed by atoms with Crippen molar-refractivity contribution < 1.29 is 53.0 Å². The maximum atomic E-state index is 13.3. The molecule has 0 radical (unpaired) electrons. The standard InChI is InChI=1S/C9H8F11NO/c10-5(9(18,19)20)6(11)21-1-3(7(12,13)14)22-4(2-21)8(15,16)17/h3-6H,1-2H2. The highest BCUT2D eigenvalue weighted by atomic mass is 19.4. The Morgan fingerprint density at radius 1 is 0.773 bits per heavy atom. The van der Waals surface area contributed by atoms with E-state index in [0.717, 1.165) is 0 Å². The van der Waals surface area contributed by atoms with Gasteiger partial charge in [0.25, 0.3) is 0 Å². The van der Waals surface area contributed by atoms with Crippen LogP contribution in [0.5, 0.6) is 0 Å². The van der Waals surface area contributed by atoms with Crippen LogP contribution < -0.4 is 0 Å². The van der Waals surface area contributed by atoms with Gasteiger partial charge in [0.2, 0.25) is 6.17 Å². The highest BCUT2D eigenvalue weighted by Gasteiger charge is 2.56. The second-order valence-corrected chi connectivity index (χ2v) is 4.47. The van der Waals surface area contributed by atoms with Crippen molar-refractivity contribution in [2.75, 3.05) is 13.1 Å². The molecule has 0 aromatic heterocycles. The van der Waals surface area contributed by atoms with Crippen LogP contribution in [0.4, 0.5) is 48.3 Å². The molecule has 0 saturated carbocycles. The van der Waals surface area contributed by atoms with Gasteiger partial charge in [0.05, 0.1) is 0 Å². The smallest absolute Gasteiger partial charge is 0.353 e. The first kappa shape index (κ1) is 19.2. The SMILES string of the molecule is FC(C(F)C(F)(F)F)N1CC(C(F)(F)F)OC(C(F)(F)F)C1. The molecule has 0 N–H and O–H groups in total. The van der Waals surface area contributed by atoms with Gasteiger partial charge in [0.1, 0.15) is 0 Å². The van der Waals surface area contributed by atoms with Crippen LogP contribution >= 0.6 is 0 Å². The van der Waals surface area contributed by atoms with Gasteiger partial charge in [0, 0.05) is 13.1 Å². The van der Waals surface area contributed by atoms with Crippen molar-refractivity contribution >= 4 is 0 Å². The van der Waals surface area contributed by atoms with Crippen molar-refractivity contribution in [3.8, 4) is 0 Å². The number of hydrogen-bond acceptors (Lipinski definition) is 2. The average Bonchev–Trinajstić information content (AvgIpc) is 2.33. The largest absolute Gasteiger partial charge is 0.423 e. The number of nitrogens with zero attached hydrogens (tertiary/aromatic N) is 1. The zero-order valence-corrected chi connectivity index (χ0v) is 10.2. The third-order valence-corrected chi connectivity index (χ3v) is 2.76. The van der Waals surface area contributed by atoms with E-state index in [4.69, 9.17) is 0 Å². The number of morpholine rings is 1. The first-order valence-electron chi connectivity index (χ1n) is 5.52. The Bertz CT molecular complexity index is 353. The molecule has 0 spiro atoms. The number of halogens is 11. The van der Waals surface area contributed by atoms with Crippen LogP contribution in [0, 0.1) is 0 Å². The second kappa shape index (κ2) is 5.98. The molecule has 0 aromatic carbocycles. The van der Waals surface area contributed by atoms with E-state index in [0.29, 0.717) is 0 Å². The van der Waals surface area contributed by atoms with Crippen LogP contribution in [-0.2, 0) is 4.74 Å². The Balaban J connectivity index is 2.98. The highest BCUT2D eigenvalue weighted by molar-refractivity contribution is 4.89. The van der Waals surface area contributed by atoms with E-state index in [1.807, 2.05) is 0 Å². The van der Waals surface area contributed by atoms with Crippen LogP contribution in [0.15, 0.2) is 0 Å². The molecule has 1 fully saturated rings. The topological polar surface area (TPSA) is 12.5 Å². The summed E-state index contributed by atoms with van der Waals surface area (Å²) in [5.41, 5.74) is 0. The summed E-state index contributed by atoms with van der Waals surface area (Å²) in [6.45, 7) is -3.37. The Kier molecular flexibility index (Phi) is 5.22. The molecular formula is C9H8F11NO. The summed E-state index contributed by atoms with van der Waals surface area (Å²) in [4.78, 5) is -0.516. The monoisotopic (exact) mass is 355 g/mol. The van der Waals surface area contributed by atoms with Crippen LogP contribution in [0.2, 0.25) is 0 Å². The Hall–Kier alpha value is -0.850. The summed E-state index contributed by atoms with van der Waals surface area (Å²) in [6.07, 6.45) is -30.9. The van der Waals surface area contributed by atoms with Gasteiger partial charge >= 0.3 is 18.5 Å². The van der Waals surface area contributed by atoms with Gasteiger partial charge in [-0.25, -0.2) is 8.78 Å². The van der Waals surface area contributed by atoms with Crippen molar-refractivity contribution in [1.29, 1.82) is 0 Å². The molecule has 4 unspecified atom stereocenters. The van der Waals surface area contributed by atoms with Gasteiger partial charge < -0.3 is 4.74 Å². The Morgan fingerprint density at radius 3 is 1.41 bits per heavy atom. The van der Waals surface area contributed by atoms with E-state index in [1.165, 1.54) is 0 Å². The molecule has 0 bridgehead atoms. The van der Waals surface area contributed by atoms with Gasteiger partial charge in [-0.2, -0.15) is 39.5 Å². The first-order chi connectivity index (χ1) is 9.64. The maximum absolute atomic E-state index is 13.3. The van der Waals surface area contributed by atoms with Crippen LogP contribution in [-0.4, -0.2) is 61.2 Å². The van der Waals surface area contributed by atoms with Crippen molar-refractivity contribution in [3.63, 3.8) is 0 Å². The quantitative estimate of drug-likeness (QED) is 0.556. The molecule has 13 heteroatoms. The first-order valence-corrected chi connectivity index (χ1v) is 5.52. The van der Waals surface area contributed by atoms with Crippen LogP contribution in [0.1, 0.15) is 0 Å². The van der Waals surface area contributed by atoms with Crippen molar-refractivity contribution in [2.24, 2.45) is 0 Å². The fourth-order valence-electron chi connectivity index (χ4n) is 1.69. The number of ether oxygens (including phenoxy) is 1. The van der Waals surface area contributed by atoms with E-state index in [2.05, 4.69) is 4.74 Å². The predicted molar refractivity (Wildman–Crippen MR) is 48.2 cm³/mol. The highest BCUT2D eigenvalue weighted by Crippen LogP contribution is 2.36. The van der Waals surface area contributed by atoms with Crippen molar-refractivity contribution in [1.82, 2.24) is 4.90 Å². The normalized spacial score (nSPS) is 28.5. The maximum Gasteiger partial charge on any atom is 0.423 e. The zero-order chi connectivity index (χ0) is 17.5. The lowest BCUT2D eigenvalue weighted by Crippen LogP contribution is -2.61. The van der Waals surface area contributed by atoms with Gasteiger partial charge in [-0.05, 0) is 0 Å². The van der Waals surface area contributed by atoms with E-state index in [9.17, 15) is 48.3 Å². The molecule has 132 valence electrons. The van der Waals surface area contributed by atoms with Crippen LogP contribution in [0.25, 0.3) is 0 Å². The molecule has 1 saturated heterocycles. The fourth-order valence-corrected chi connectivity index (χ4v) is 1.69. The summed E-state index contributed by atoms with van der Waals surface area (Å²) >= 11 is 0. The fraction of sp³-hybridized carbons (Fsp3) is 1.00. The lowest BCUT2D eigenvalue weighted by Gasteiger charge is -2.41. The minimum absolute atomic E-state index is 0.516. The molecule has 0 aliphatic carbocycles. The van der Waals surface area contributed by atoms with Crippen molar-refractivity contribution in [2.45, 2.75) is 43.2 Å². The van der Waals surface area contributed by atoms with E-state index in [1.54, 1.807) is 0 Å². The molecule has 1 aliphatic rings. The molecule has 0 amide bonds. The molecule has 1 rings (SSSR count). The third-order valence-electron chi connectivity index (χ3n) is 2.76. The number of rotatable bonds is 2. The van der Waals surface area contributed by atoms with Crippen LogP contribution in [0.3, 0.4) is 0 Å². The molecule has 22 heavy (non-hydrogen) atoms. The number of hydrogen-bond donors (Lipinski definition) is 0. The van der Waals surface area contributed by atoms with Gasteiger partial charge in [0.15, 0.2) is 18.5 Å². The summed E-state index contributed by atoms with van der Waals surface area (Å²) in [5, 5.41) is 0. The summed E-state index contributed by atoms with van der Waals surface area (Å²) in [5.74, 6) is 0. The molecule has 1 heterocycles. The summed E-state index contributed by atoms with van der Waals surface area (Å²) < 4.78 is 140. The average molecular weight is 355 g/mol. The minimum Gasteiger partial charge on any atom is -0.353 e. The Labute approximate surface area is 115 Å². The van der Waals surface area contributed by atoms with Gasteiger partial charge in [-0.15, -0.1) is 0 Å². The molecule has 0 aromatic rings. The Morgan fingerprint density at radius 2 is 1.14 bits per heavy atom. The van der Waals surface area contributed by atoms with E-state index < -0.39 is 61.2 Å². The van der Waals surface area contributed by atoms with E-state index in [-0.39, 0.29) is 0 Å².